The molecule has 0 amide bonds. The molecule has 3 nitrogen and oxygen atoms in total. The van der Waals surface area contributed by atoms with Gasteiger partial charge in [-0.2, -0.15) is 0 Å². The molecule has 0 aliphatic rings. The number of pyridine rings is 2. The highest BCUT2D eigenvalue weighted by Gasteiger charge is 2.35. The first-order valence-corrected chi connectivity index (χ1v) is 6.85. The number of rotatable bonds is 4. The minimum atomic E-state index is -0.604. The second kappa shape index (κ2) is 5.85. The molecule has 0 saturated carbocycles. The standard InChI is InChI=1S/C18H16N2O/c21-14-18(15-4-2-1-3-5-15,16-6-10-19-11-7-16)17-8-12-20-13-9-17/h1-13,21H,14H2. The molecule has 2 aromatic heterocycles. The molecule has 3 heteroatoms. The van der Waals surface area contributed by atoms with E-state index in [0.29, 0.717) is 0 Å². The van der Waals surface area contributed by atoms with Gasteiger partial charge in [0.2, 0.25) is 0 Å². The highest BCUT2D eigenvalue weighted by Crippen LogP contribution is 2.38. The molecule has 1 aromatic carbocycles. The summed E-state index contributed by atoms with van der Waals surface area (Å²) in [5.74, 6) is 0. The van der Waals surface area contributed by atoms with Gasteiger partial charge in [0.05, 0.1) is 12.0 Å². The van der Waals surface area contributed by atoms with E-state index < -0.39 is 5.41 Å². The van der Waals surface area contributed by atoms with E-state index in [1.54, 1.807) is 24.8 Å². The molecule has 0 atom stereocenters. The Morgan fingerprint density at radius 3 is 1.52 bits per heavy atom. The Balaban J connectivity index is 2.29. The molecule has 0 radical (unpaired) electrons. The summed E-state index contributed by atoms with van der Waals surface area (Å²) in [5, 5.41) is 10.3. The first-order chi connectivity index (χ1) is 10.4. The lowest BCUT2D eigenvalue weighted by atomic mass is 9.70. The summed E-state index contributed by atoms with van der Waals surface area (Å²) in [6.07, 6.45) is 7.02. The first-order valence-electron chi connectivity index (χ1n) is 6.85. The SMILES string of the molecule is OCC(c1ccccc1)(c1ccncc1)c1ccncc1. The van der Waals surface area contributed by atoms with Gasteiger partial charge in [0, 0.05) is 24.8 Å². The molecule has 0 spiro atoms. The zero-order chi connectivity index (χ0) is 14.5. The number of aliphatic hydroxyl groups excluding tert-OH is 1. The fourth-order valence-corrected chi connectivity index (χ4v) is 2.77. The zero-order valence-corrected chi connectivity index (χ0v) is 11.6. The van der Waals surface area contributed by atoms with Crippen LogP contribution in [-0.2, 0) is 5.41 Å². The van der Waals surface area contributed by atoms with E-state index in [0.717, 1.165) is 16.7 Å². The number of benzene rings is 1. The van der Waals surface area contributed by atoms with Crippen LogP contribution >= 0.6 is 0 Å². The number of aliphatic hydroxyl groups is 1. The number of aromatic nitrogens is 2. The summed E-state index contributed by atoms with van der Waals surface area (Å²) in [4.78, 5) is 8.17. The largest absolute Gasteiger partial charge is 0.395 e. The maximum Gasteiger partial charge on any atom is 0.0684 e. The van der Waals surface area contributed by atoms with Gasteiger partial charge in [-0.1, -0.05) is 30.3 Å². The van der Waals surface area contributed by atoms with Gasteiger partial charge in [-0.3, -0.25) is 9.97 Å². The Bertz CT molecular complexity index is 588. The molecular weight excluding hydrogens is 260 g/mol. The van der Waals surface area contributed by atoms with Gasteiger partial charge < -0.3 is 5.11 Å². The molecule has 104 valence electrons. The molecule has 0 aliphatic heterocycles. The van der Waals surface area contributed by atoms with E-state index in [-0.39, 0.29) is 6.61 Å². The Morgan fingerprint density at radius 2 is 1.10 bits per heavy atom. The lowest BCUT2D eigenvalue weighted by Gasteiger charge is -2.33. The maximum absolute atomic E-state index is 10.3. The second-order valence-corrected chi connectivity index (χ2v) is 4.90. The Labute approximate surface area is 124 Å². The van der Waals surface area contributed by atoms with Crippen LogP contribution in [0.1, 0.15) is 16.7 Å². The van der Waals surface area contributed by atoms with Gasteiger partial charge in [0.25, 0.3) is 0 Å². The molecule has 0 aliphatic carbocycles. The van der Waals surface area contributed by atoms with Crippen molar-refractivity contribution in [1.29, 1.82) is 0 Å². The highest BCUT2D eigenvalue weighted by atomic mass is 16.3. The lowest BCUT2D eigenvalue weighted by molar-refractivity contribution is 0.243. The summed E-state index contributed by atoms with van der Waals surface area (Å²) in [5.41, 5.74) is 2.47. The third-order valence-corrected chi connectivity index (χ3v) is 3.85. The summed E-state index contributed by atoms with van der Waals surface area (Å²) < 4.78 is 0. The number of hydrogen-bond acceptors (Lipinski definition) is 3. The Kier molecular flexibility index (Phi) is 3.75. The van der Waals surface area contributed by atoms with Gasteiger partial charge in [-0.25, -0.2) is 0 Å². The molecule has 0 bridgehead atoms. The van der Waals surface area contributed by atoms with Crippen molar-refractivity contribution in [2.24, 2.45) is 0 Å². The molecular formula is C18H16N2O. The minimum Gasteiger partial charge on any atom is -0.395 e. The lowest BCUT2D eigenvalue weighted by Crippen LogP contribution is -2.33. The molecule has 21 heavy (non-hydrogen) atoms. The van der Waals surface area contributed by atoms with Crippen molar-refractivity contribution in [2.45, 2.75) is 5.41 Å². The normalized spacial score (nSPS) is 11.3. The average molecular weight is 276 g/mol. The van der Waals surface area contributed by atoms with Crippen LogP contribution in [0.5, 0.6) is 0 Å². The van der Waals surface area contributed by atoms with Crippen molar-refractivity contribution in [3.8, 4) is 0 Å². The minimum absolute atomic E-state index is 0.0228. The van der Waals surface area contributed by atoms with Crippen molar-refractivity contribution < 1.29 is 5.11 Å². The predicted molar refractivity (Wildman–Crippen MR) is 81.9 cm³/mol. The highest BCUT2D eigenvalue weighted by molar-refractivity contribution is 5.49. The van der Waals surface area contributed by atoms with E-state index in [1.165, 1.54) is 0 Å². The van der Waals surface area contributed by atoms with Gasteiger partial charge in [0.1, 0.15) is 0 Å². The third kappa shape index (κ3) is 2.32. The van der Waals surface area contributed by atoms with Crippen LogP contribution in [0.3, 0.4) is 0 Å². The van der Waals surface area contributed by atoms with Gasteiger partial charge in [-0.05, 0) is 41.0 Å². The summed E-state index contributed by atoms with van der Waals surface area (Å²) in [6.45, 7) is -0.0228. The van der Waals surface area contributed by atoms with Crippen LogP contribution in [0.25, 0.3) is 0 Å². The average Bonchev–Trinajstić information content (AvgIpc) is 2.59. The molecule has 3 rings (SSSR count). The van der Waals surface area contributed by atoms with E-state index >= 15 is 0 Å². The van der Waals surface area contributed by atoms with Crippen LogP contribution in [0.4, 0.5) is 0 Å². The Morgan fingerprint density at radius 1 is 0.667 bits per heavy atom. The number of nitrogens with zero attached hydrogens (tertiary/aromatic N) is 2. The van der Waals surface area contributed by atoms with Gasteiger partial charge in [0.15, 0.2) is 0 Å². The monoisotopic (exact) mass is 276 g/mol. The van der Waals surface area contributed by atoms with E-state index in [2.05, 4.69) is 9.97 Å². The number of hydrogen-bond donors (Lipinski definition) is 1. The Hall–Kier alpha value is -2.52. The third-order valence-electron chi connectivity index (χ3n) is 3.85. The van der Waals surface area contributed by atoms with E-state index in [4.69, 9.17) is 0 Å². The van der Waals surface area contributed by atoms with Crippen LogP contribution in [0, 0.1) is 0 Å². The topological polar surface area (TPSA) is 46.0 Å². The molecule has 1 N–H and O–H groups in total. The van der Waals surface area contributed by atoms with Gasteiger partial charge in [-0.15, -0.1) is 0 Å². The van der Waals surface area contributed by atoms with Gasteiger partial charge >= 0.3 is 0 Å². The van der Waals surface area contributed by atoms with Crippen molar-refractivity contribution >= 4 is 0 Å². The predicted octanol–water partition coefficient (Wildman–Crippen LogP) is 2.80. The zero-order valence-electron chi connectivity index (χ0n) is 11.6. The molecule has 3 aromatic rings. The first kappa shape index (κ1) is 13.5. The maximum atomic E-state index is 10.3. The van der Waals surface area contributed by atoms with E-state index in [1.807, 2.05) is 54.6 Å². The quantitative estimate of drug-likeness (QED) is 0.797. The second-order valence-electron chi connectivity index (χ2n) is 4.90. The summed E-state index contributed by atoms with van der Waals surface area (Å²) in [7, 11) is 0. The summed E-state index contributed by atoms with van der Waals surface area (Å²) >= 11 is 0. The van der Waals surface area contributed by atoms with Crippen molar-refractivity contribution in [1.82, 2.24) is 9.97 Å². The van der Waals surface area contributed by atoms with Crippen LogP contribution < -0.4 is 0 Å². The van der Waals surface area contributed by atoms with Crippen LogP contribution in [0.15, 0.2) is 79.4 Å². The van der Waals surface area contributed by atoms with Crippen molar-refractivity contribution in [3.05, 3.63) is 96.1 Å². The van der Waals surface area contributed by atoms with Crippen LogP contribution in [-0.4, -0.2) is 21.7 Å². The van der Waals surface area contributed by atoms with Crippen LogP contribution in [0.2, 0.25) is 0 Å². The van der Waals surface area contributed by atoms with Crippen molar-refractivity contribution in [3.63, 3.8) is 0 Å². The fraction of sp³-hybridized carbons (Fsp3) is 0.111. The molecule has 0 fully saturated rings. The molecule has 0 unspecified atom stereocenters. The molecule has 2 heterocycles. The summed E-state index contributed by atoms with van der Waals surface area (Å²) in [6, 6.07) is 17.8. The van der Waals surface area contributed by atoms with E-state index in [9.17, 15) is 5.11 Å². The van der Waals surface area contributed by atoms with Crippen molar-refractivity contribution in [2.75, 3.05) is 6.61 Å². The molecule has 0 saturated heterocycles. The fourth-order valence-electron chi connectivity index (χ4n) is 2.77. The smallest absolute Gasteiger partial charge is 0.0684 e.